The zero-order chi connectivity index (χ0) is 20.6. The molecule has 0 bridgehead atoms. The Labute approximate surface area is 171 Å². The molecule has 2 heterocycles. The van der Waals surface area contributed by atoms with Gasteiger partial charge in [-0.05, 0) is 24.3 Å². The molecular formula is C22H28N4O3. The summed E-state index contributed by atoms with van der Waals surface area (Å²) in [5, 5.41) is 0. The molecule has 29 heavy (non-hydrogen) atoms. The van der Waals surface area contributed by atoms with Crippen molar-refractivity contribution < 1.29 is 14.3 Å². The van der Waals surface area contributed by atoms with E-state index in [1.807, 2.05) is 47.4 Å². The number of anilines is 1. The molecule has 3 rings (SSSR count). The maximum Gasteiger partial charge on any atom is 0.224 e. The molecule has 1 saturated heterocycles. The summed E-state index contributed by atoms with van der Waals surface area (Å²) in [6.07, 6.45) is 2.03. The number of pyridine rings is 1. The summed E-state index contributed by atoms with van der Waals surface area (Å²) in [7, 11) is 1.67. The number of carbonyl (C=O) groups excluding carboxylic acids is 2. The van der Waals surface area contributed by atoms with Gasteiger partial charge in [-0.15, -0.1) is 0 Å². The zero-order valence-corrected chi connectivity index (χ0v) is 17.1. The van der Waals surface area contributed by atoms with Crippen LogP contribution in [0.15, 0.2) is 48.7 Å². The van der Waals surface area contributed by atoms with E-state index in [4.69, 9.17) is 4.74 Å². The van der Waals surface area contributed by atoms with Crippen LogP contribution in [0.3, 0.4) is 0 Å². The van der Waals surface area contributed by atoms with Crippen molar-refractivity contribution in [3.05, 3.63) is 54.4 Å². The summed E-state index contributed by atoms with van der Waals surface area (Å²) in [4.78, 5) is 34.7. The number of benzene rings is 1. The summed E-state index contributed by atoms with van der Waals surface area (Å²) < 4.78 is 5.44. The van der Waals surface area contributed by atoms with Crippen LogP contribution >= 0.6 is 0 Å². The molecule has 0 saturated carbocycles. The fraction of sp³-hybridized carbons (Fsp3) is 0.409. The van der Waals surface area contributed by atoms with E-state index >= 15 is 0 Å². The van der Waals surface area contributed by atoms with Crippen molar-refractivity contribution in [3.63, 3.8) is 0 Å². The fourth-order valence-electron chi connectivity index (χ4n) is 3.51. The number of nitrogens with zero attached hydrogens (tertiary/aromatic N) is 4. The molecule has 1 aromatic heterocycles. The lowest BCUT2D eigenvalue weighted by atomic mass is 10.2. The lowest BCUT2D eigenvalue weighted by molar-refractivity contribution is -0.134. The minimum Gasteiger partial charge on any atom is -0.495 e. The Kier molecular flexibility index (Phi) is 7.05. The lowest BCUT2D eigenvalue weighted by Gasteiger charge is -2.37. The van der Waals surface area contributed by atoms with Crippen molar-refractivity contribution >= 4 is 17.5 Å². The van der Waals surface area contributed by atoms with Gasteiger partial charge in [0.2, 0.25) is 11.8 Å². The van der Waals surface area contributed by atoms with Gasteiger partial charge >= 0.3 is 0 Å². The van der Waals surface area contributed by atoms with E-state index in [1.54, 1.807) is 18.2 Å². The summed E-state index contributed by atoms with van der Waals surface area (Å²) in [6.45, 7) is 5.20. The number of methoxy groups -OCH3 is 1. The van der Waals surface area contributed by atoms with E-state index < -0.39 is 0 Å². The molecular weight excluding hydrogens is 368 g/mol. The van der Waals surface area contributed by atoms with Gasteiger partial charge in [0.25, 0.3) is 0 Å². The summed E-state index contributed by atoms with van der Waals surface area (Å²) in [6, 6.07) is 13.6. The van der Waals surface area contributed by atoms with Gasteiger partial charge in [-0.2, -0.15) is 0 Å². The largest absolute Gasteiger partial charge is 0.495 e. The third kappa shape index (κ3) is 5.47. The number of aromatic nitrogens is 1. The van der Waals surface area contributed by atoms with Crippen molar-refractivity contribution in [1.29, 1.82) is 0 Å². The van der Waals surface area contributed by atoms with Crippen LogP contribution in [0.2, 0.25) is 0 Å². The zero-order valence-electron chi connectivity index (χ0n) is 17.1. The van der Waals surface area contributed by atoms with Crippen LogP contribution in [0.5, 0.6) is 5.75 Å². The van der Waals surface area contributed by atoms with E-state index in [1.165, 1.54) is 6.92 Å². The van der Waals surface area contributed by atoms with Crippen molar-refractivity contribution in [2.45, 2.75) is 19.9 Å². The normalized spacial score (nSPS) is 13.9. The van der Waals surface area contributed by atoms with Gasteiger partial charge in [-0.1, -0.05) is 18.2 Å². The van der Waals surface area contributed by atoms with Crippen molar-refractivity contribution in [2.75, 3.05) is 44.7 Å². The average Bonchev–Trinajstić information content (AvgIpc) is 2.77. The van der Waals surface area contributed by atoms with Crippen LogP contribution < -0.4 is 9.64 Å². The molecule has 7 heteroatoms. The first-order valence-electron chi connectivity index (χ1n) is 9.89. The van der Waals surface area contributed by atoms with Crippen molar-refractivity contribution in [2.24, 2.45) is 0 Å². The molecule has 7 nitrogen and oxygen atoms in total. The molecule has 0 atom stereocenters. The highest BCUT2D eigenvalue weighted by atomic mass is 16.5. The maximum absolute atomic E-state index is 12.7. The third-order valence-corrected chi connectivity index (χ3v) is 5.18. The van der Waals surface area contributed by atoms with Gasteiger partial charge in [-0.3, -0.25) is 14.6 Å². The van der Waals surface area contributed by atoms with Crippen LogP contribution in [-0.2, 0) is 16.1 Å². The Balaban J connectivity index is 1.50. The molecule has 2 aromatic rings. The van der Waals surface area contributed by atoms with E-state index in [0.717, 1.165) is 30.2 Å². The molecule has 0 radical (unpaired) electrons. The molecule has 1 aliphatic rings. The first-order valence-corrected chi connectivity index (χ1v) is 9.89. The van der Waals surface area contributed by atoms with E-state index in [2.05, 4.69) is 9.88 Å². The molecule has 0 spiro atoms. The third-order valence-electron chi connectivity index (χ3n) is 5.18. The average molecular weight is 396 g/mol. The van der Waals surface area contributed by atoms with Crippen molar-refractivity contribution in [3.8, 4) is 5.75 Å². The predicted octanol–water partition coefficient (Wildman–Crippen LogP) is 2.18. The molecule has 154 valence electrons. The Morgan fingerprint density at radius 1 is 1.07 bits per heavy atom. The molecule has 1 aromatic carbocycles. The number of amides is 2. The Morgan fingerprint density at radius 3 is 2.45 bits per heavy atom. The lowest BCUT2D eigenvalue weighted by Crippen LogP contribution is -2.49. The number of ether oxygens (including phenoxy) is 1. The number of carbonyl (C=O) groups is 2. The fourth-order valence-corrected chi connectivity index (χ4v) is 3.51. The second kappa shape index (κ2) is 9.91. The van der Waals surface area contributed by atoms with Gasteiger partial charge in [0.1, 0.15) is 5.75 Å². The molecule has 0 N–H and O–H groups in total. The molecule has 1 aliphatic heterocycles. The van der Waals surface area contributed by atoms with Gasteiger partial charge in [0.05, 0.1) is 25.0 Å². The number of para-hydroxylation sites is 2. The minimum absolute atomic E-state index is 0.0514. The highest BCUT2D eigenvalue weighted by molar-refractivity contribution is 5.78. The predicted molar refractivity (Wildman–Crippen MR) is 112 cm³/mol. The standard InChI is InChI=1S/C22H28N4O3/c1-18(27)26(17-19-7-5-6-11-23-19)12-10-22(28)25-15-13-24(14-16-25)20-8-3-4-9-21(20)29-2/h3-9,11H,10,12-17H2,1-2H3. The van der Waals surface area contributed by atoms with Gasteiger partial charge in [-0.25, -0.2) is 0 Å². The second-order valence-corrected chi connectivity index (χ2v) is 7.05. The monoisotopic (exact) mass is 396 g/mol. The maximum atomic E-state index is 12.7. The Morgan fingerprint density at radius 2 is 1.79 bits per heavy atom. The molecule has 0 unspecified atom stereocenters. The summed E-state index contributed by atoms with van der Waals surface area (Å²) in [5.74, 6) is 0.875. The number of piperazine rings is 1. The Bertz CT molecular complexity index is 820. The SMILES string of the molecule is COc1ccccc1N1CCN(C(=O)CCN(Cc2ccccn2)C(C)=O)CC1. The molecule has 0 aliphatic carbocycles. The minimum atomic E-state index is -0.0514. The van der Waals surface area contributed by atoms with Gasteiger partial charge < -0.3 is 19.4 Å². The van der Waals surface area contributed by atoms with E-state index in [-0.39, 0.29) is 11.8 Å². The quantitative estimate of drug-likeness (QED) is 0.718. The van der Waals surface area contributed by atoms with E-state index in [0.29, 0.717) is 32.6 Å². The number of rotatable bonds is 7. The van der Waals surface area contributed by atoms with Crippen LogP contribution in [-0.4, -0.2) is 66.4 Å². The van der Waals surface area contributed by atoms with E-state index in [9.17, 15) is 9.59 Å². The van der Waals surface area contributed by atoms with Gasteiger partial charge in [0.15, 0.2) is 0 Å². The Hall–Kier alpha value is -3.09. The highest BCUT2D eigenvalue weighted by Crippen LogP contribution is 2.28. The molecule has 2 amide bonds. The topological polar surface area (TPSA) is 66.0 Å². The first-order chi connectivity index (χ1) is 14.1. The smallest absolute Gasteiger partial charge is 0.224 e. The van der Waals surface area contributed by atoms with Crippen molar-refractivity contribution in [1.82, 2.24) is 14.8 Å². The van der Waals surface area contributed by atoms with Crippen LogP contribution in [0, 0.1) is 0 Å². The van der Waals surface area contributed by atoms with Crippen LogP contribution in [0.4, 0.5) is 5.69 Å². The second-order valence-electron chi connectivity index (χ2n) is 7.05. The summed E-state index contributed by atoms with van der Waals surface area (Å²) in [5.41, 5.74) is 1.88. The number of hydrogen-bond donors (Lipinski definition) is 0. The van der Waals surface area contributed by atoms with Gasteiger partial charge in [0, 0.05) is 52.3 Å². The highest BCUT2D eigenvalue weighted by Gasteiger charge is 2.23. The summed E-state index contributed by atoms with van der Waals surface area (Å²) >= 11 is 0. The molecule has 1 fully saturated rings. The van der Waals surface area contributed by atoms with Crippen LogP contribution in [0.25, 0.3) is 0 Å². The number of hydrogen-bond acceptors (Lipinski definition) is 5. The van der Waals surface area contributed by atoms with Crippen LogP contribution in [0.1, 0.15) is 19.0 Å². The first kappa shape index (κ1) is 20.6.